The first-order valence-electron chi connectivity index (χ1n) is 7.63. The Morgan fingerprint density at radius 1 is 1.39 bits per heavy atom. The number of amides is 1. The van der Waals surface area contributed by atoms with E-state index < -0.39 is 0 Å². The Kier molecular flexibility index (Phi) is 5.76. The van der Waals surface area contributed by atoms with E-state index in [1.54, 1.807) is 4.68 Å². The fraction of sp³-hybridized carbons (Fsp3) is 0.412. The van der Waals surface area contributed by atoms with Crippen LogP contribution in [-0.2, 0) is 11.8 Å². The molecule has 2 aromatic rings. The van der Waals surface area contributed by atoms with Crippen molar-refractivity contribution in [2.24, 2.45) is 7.05 Å². The second-order valence-corrected chi connectivity index (χ2v) is 5.71. The molecule has 0 aliphatic carbocycles. The molecule has 23 heavy (non-hydrogen) atoms. The number of hydrogen-bond donors (Lipinski definition) is 1. The summed E-state index contributed by atoms with van der Waals surface area (Å²) in [6, 6.07) is 7.70. The molecule has 1 N–H and O–H groups in total. The van der Waals surface area contributed by atoms with E-state index >= 15 is 0 Å². The second kappa shape index (κ2) is 7.78. The minimum atomic E-state index is -0.149. The van der Waals surface area contributed by atoms with Gasteiger partial charge in [0.15, 0.2) is 0 Å². The fourth-order valence-corrected chi connectivity index (χ4v) is 2.06. The first-order valence-corrected chi connectivity index (χ1v) is 7.63. The van der Waals surface area contributed by atoms with Gasteiger partial charge in [-0.25, -0.2) is 0 Å². The van der Waals surface area contributed by atoms with Crippen molar-refractivity contribution in [1.82, 2.24) is 20.0 Å². The maximum Gasteiger partial charge on any atom is 0.237 e. The van der Waals surface area contributed by atoms with Crippen LogP contribution < -0.4 is 10.1 Å². The van der Waals surface area contributed by atoms with Gasteiger partial charge in [0.1, 0.15) is 12.4 Å². The Hall–Kier alpha value is -2.34. The monoisotopic (exact) mass is 316 g/mol. The van der Waals surface area contributed by atoms with Crippen molar-refractivity contribution in [2.75, 3.05) is 27.2 Å². The lowest BCUT2D eigenvalue weighted by atomic mass is 10.1. The van der Waals surface area contributed by atoms with E-state index in [1.807, 2.05) is 69.6 Å². The third-order valence-electron chi connectivity index (χ3n) is 3.70. The van der Waals surface area contributed by atoms with Crippen LogP contribution in [0.1, 0.15) is 6.92 Å². The first-order chi connectivity index (χ1) is 11.0. The smallest absolute Gasteiger partial charge is 0.237 e. The van der Waals surface area contributed by atoms with Crippen LogP contribution in [-0.4, -0.2) is 53.9 Å². The van der Waals surface area contributed by atoms with Crippen LogP contribution in [0.4, 0.5) is 0 Å². The first kappa shape index (κ1) is 17.0. The number of benzene rings is 1. The largest absolute Gasteiger partial charge is 0.492 e. The van der Waals surface area contributed by atoms with E-state index in [0.29, 0.717) is 13.2 Å². The van der Waals surface area contributed by atoms with Gasteiger partial charge < -0.3 is 10.1 Å². The predicted molar refractivity (Wildman–Crippen MR) is 90.3 cm³/mol. The minimum absolute atomic E-state index is 0.00251. The average Bonchev–Trinajstić information content (AvgIpc) is 2.97. The van der Waals surface area contributed by atoms with Crippen LogP contribution in [0.3, 0.4) is 0 Å². The Labute approximate surface area is 137 Å². The van der Waals surface area contributed by atoms with E-state index in [9.17, 15) is 4.79 Å². The highest BCUT2D eigenvalue weighted by molar-refractivity contribution is 5.81. The van der Waals surface area contributed by atoms with Gasteiger partial charge in [0.2, 0.25) is 5.91 Å². The molecule has 1 heterocycles. The average molecular weight is 316 g/mol. The van der Waals surface area contributed by atoms with Crippen LogP contribution in [0.5, 0.6) is 5.75 Å². The summed E-state index contributed by atoms with van der Waals surface area (Å²) in [6.45, 7) is 2.78. The van der Waals surface area contributed by atoms with E-state index in [2.05, 4.69) is 10.4 Å². The molecule has 0 unspecified atom stereocenters. The zero-order chi connectivity index (χ0) is 16.8. The normalized spacial score (nSPS) is 12.2. The summed E-state index contributed by atoms with van der Waals surface area (Å²) in [5.74, 6) is 0.781. The molecule has 0 saturated heterocycles. The van der Waals surface area contributed by atoms with Crippen molar-refractivity contribution in [3.05, 3.63) is 36.7 Å². The summed E-state index contributed by atoms with van der Waals surface area (Å²) in [4.78, 5) is 13.7. The summed E-state index contributed by atoms with van der Waals surface area (Å²) < 4.78 is 7.48. The van der Waals surface area contributed by atoms with E-state index in [0.717, 1.165) is 16.9 Å². The number of rotatable bonds is 7. The molecule has 0 aliphatic rings. The number of aryl methyl sites for hydroxylation is 1. The van der Waals surface area contributed by atoms with Gasteiger partial charge in [0.25, 0.3) is 0 Å². The number of carbonyl (C=O) groups excluding carboxylic acids is 1. The van der Waals surface area contributed by atoms with Gasteiger partial charge in [-0.1, -0.05) is 12.1 Å². The lowest BCUT2D eigenvalue weighted by Crippen LogP contribution is -2.42. The van der Waals surface area contributed by atoms with Crippen LogP contribution in [0.15, 0.2) is 36.7 Å². The molecule has 6 nitrogen and oxygen atoms in total. The quantitative estimate of drug-likeness (QED) is 0.787. The van der Waals surface area contributed by atoms with Crippen molar-refractivity contribution >= 4 is 5.91 Å². The zero-order valence-corrected chi connectivity index (χ0v) is 14.1. The molecule has 1 aromatic heterocycles. The minimum Gasteiger partial charge on any atom is -0.492 e. The van der Waals surface area contributed by atoms with E-state index in [1.165, 1.54) is 0 Å². The van der Waals surface area contributed by atoms with Crippen molar-refractivity contribution < 1.29 is 9.53 Å². The molecule has 6 heteroatoms. The Balaban J connectivity index is 1.84. The SMILES string of the molecule is C[C@H](C(=O)NCCOc1cccc(-c2cnn(C)c2)c1)N(C)C. The molecule has 124 valence electrons. The number of likely N-dealkylation sites (N-methyl/N-ethyl adjacent to an activating group) is 1. The van der Waals surface area contributed by atoms with Gasteiger partial charge in [-0.05, 0) is 38.7 Å². The number of carbonyl (C=O) groups is 1. The molecule has 0 saturated carbocycles. The highest BCUT2D eigenvalue weighted by atomic mass is 16.5. The Morgan fingerprint density at radius 3 is 2.83 bits per heavy atom. The highest BCUT2D eigenvalue weighted by Gasteiger charge is 2.13. The molecule has 0 spiro atoms. The third kappa shape index (κ3) is 4.82. The van der Waals surface area contributed by atoms with Gasteiger partial charge in [-0.15, -0.1) is 0 Å². The van der Waals surface area contributed by atoms with E-state index in [4.69, 9.17) is 4.74 Å². The fourth-order valence-electron chi connectivity index (χ4n) is 2.06. The van der Waals surface area contributed by atoms with Crippen LogP contribution in [0, 0.1) is 0 Å². The maximum absolute atomic E-state index is 11.8. The van der Waals surface area contributed by atoms with Crippen LogP contribution in [0.2, 0.25) is 0 Å². The second-order valence-electron chi connectivity index (χ2n) is 5.71. The molecule has 0 radical (unpaired) electrons. The van der Waals surface area contributed by atoms with Crippen LogP contribution in [0.25, 0.3) is 11.1 Å². The van der Waals surface area contributed by atoms with Gasteiger partial charge in [-0.3, -0.25) is 14.4 Å². The number of aromatic nitrogens is 2. The number of hydrogen-bond acceptors (Lipinski definition) is 4. The summed E-state index contributed by atoms with van der Waals surface area (Å²) in [7, 11) is 5.65. The van der Waals surface area contributed by atoms with Crippen LogP contribution >= 0.6 is 0 Å². The highest BCUT2D eigenvalue weighted by Crippen LogP contribution is 2.23. The van der Waals surface area contributed by atoms with Gasteiger partial charge >= 0.3 is 0 Å². The van der Waals surface area contributed by atoms with Gasteiger partial charge in [-0.2, -0.15) is 5.10 Å². The number of ether oxygens (including phenoxy) is 1. The lowest BCUT2D eigenvalue weighted by Gasteiger charge is -2.18. The molecule has 0 bridgehead atoms. The van der Waals surface area contributed by atoms with Gasteiger partial charge in [0.05, 0.1) is 18.8 Å². The molecule has 1 amide bonds. The standard InChI is InChI=1S/C17H24N4O2/c1-13(20(2)3)17(22)18-8-9-23-16-7-5-6-14(10-16)15-11-19-21(4)12-15/h5-7,10-13H,8-9H2,1-4H3,(H,18,22)/t13-/m1/s1. The predicted octanol–water partition coefficient (Wildman–Crippen LogP) is 1.53. The Bertz CT molecular complexity index is 652. The molecule has 0 aliphatic heterocycles. The molecule has 2 rings (SSSR count). The summed E-state index contributed by atoms with van der Waals surface area (Å²) in [6.07, 6.45) is 3.78. The van der Waals surface area contributed by atoms with Gasteiger partial charge in [0, 0.05) is 18.8 Å². The number of nitrogens with one attached hydrogen (secondary N) is 1. The summed E-state index contributed by atoms with van der Waals surface area (Å²) in [5, 5.41) is 7.04. The zero-order valence-electron chi connectivity index (χ0n) is 14.1. The molecule has 1 aromatic carbocycles. The van der Waals surface area contributed by atoms with Crippen molar-refractivity contribution in [3.63, 3.8) is 0 Å². The lowest BCUT2D eigenvalue weighted by molar-refractivity contribution is -0.125. The van der Waals surface area contributed by atoms with Crippen molar-refractivity contribution in [2.45, 2.75) is 13.0 Å². The molecular formula is C17H24N4O2. The van der Waals surface area contributed by atoms with Crippen molar-refractivity contribution in [1.29, 1.82) is 0 Å². The molecule has 0 fully saturated rings. The summed E-state index contributed by atoms with van der Waals surface area (Å²) in [5.41, 5.74) is 2.10. The third-order valence-corrected chi connectivity index (χ3v) is 3.70. The topological polar surface area (TPSA) is 59.4 Å². The Morgan fingerprint density at radius 2 is 2.17 bits per heavy atom. The number of nitrogens with zero attached hydrogens (tertiary/aromatic N) is 3. The molecular weight excluding hydrogens is 292 g/mol. The van der Waals surface area contributed by atoms with E-state index in [-0.39, 0.29) is 11.9 Å². The molecule has 1 atom stereocenters. The summed E-state index contributed by atoms with van der Waals surface area (Å²) >= 11 is 0. The van der Waals surface area contributed by atoms with Crippen molar-refractivity contribution in [3.8, 4) is 16.9 Å². The maximum atomic E-state index is 11.8.